The molecular weight excluding hydrogens is 414 g/mol. The normalized spacial score (nSPS) is 12.8. The topological polar surface area (TPSA) is 101 Å². The Morgan fingerprint density at radius 1 is 1.09 bits per heavy atom. The van der Waals surface area contributed by atoms with E-state index >= 15 is 0 Å². The number of aromatic nitrogens is 2. The van der Waals surface area contributed by atoms with E-state index in [1.807, 2.05) is 24.3 Å². The molecule has 1 aliphatic rings. The largest absolute Gasteiger partial charge is 0.497 e. The van der Waals surface area contributed by atoms with Crippen molar-refractivity contribution in [3.8, 4) is 34.3 Å². The van der Waals surface area contributed by atoms with Gasteiger partial charge in [-0.1, -0.05) is 0 Å². The van der Waals surface area contributed by atoms with Crippen molar-refractivity contribution in [2.45, 2.75) is 19.6 Å². The van der Waals surface area contributed by atoms with E-state index in [9.17, 15) is 9.59 Å². The number of nitrogens with zero attached hydrogens (tertiary/aromatic N) is 2. The van der Waals surface area contributed by atoms with Gasteiger partial charge >= 0.3 is 0 Å². The van der Waals surface area contributed by atoms with Gasteiger partial charge in [-0.2, -0.15) is 5.10 Å². The van der Waals surface area contributed by atoms with Gasteiger partial charge in [-0.25, -0.2) is 4.68 Å². The molecule has 4 rings (SSSR count). The summed E-state index contributed by atoms with van der Waals surface area (Å²) >= 11 is 0. The fourth-order valence-corrected chi connectivity index (χ4v) is 3.16. The molecule has 0 aliphatic carbocycles. The molecule has 1 aromatic heterocycles. The van der Waals surface area contributed by atoms with Crippen LogP contribution in [0, 0.1) is 0 Å². The first-order chi connectivity index (χ1) is 15.5. The zero-order valence-electron chi connectivity index (χ0n) is 17.7. The van der Waals surface area contributed by atoms with E-state index in [0.717, 1.165) is 11.3 Å². The lowest BCUT2D eigenvalue weighted by molar-refractivity contribution is -0.127. The third-order valence-electron chi connectivity index (χ3n) is 4.90. The molecule has 0 saturated heterocycles. The summed E-state index contributed by atoms with van der Waals surface area (Å²) < 4.78 is 22.7. The fourth-order valence-electron chi connectivity index (χ4n) is 3.16. The quantitative estimate of drug-likeness (QED) is 0.577. The molecule has 1 atom stereocenters. The first kappa shape index (κ1) is 21.2. The van der Waals surface area contributed by atoms with Gasteiger partial charge in [-0.3, -0.25) is 9.59 Å². The van der Waals surface area contributed by atoms with E-state index in [2.05, 4.69) is 10.4 Å². The summed E-state index contributed by atoms with van der Waals surface area (Å²) in [6, 6.07) is 15.6. The maximum Gasteiger partial charge on any atom is 0.266 e. The van der Waals surface area contributed by atoms with E-state index in [4.69, 9.17) is 18.9 Å². The van der Waals surface area contributed by atoms with Crippen molar-refractivity contribution in [3.05, 3.63) is 65.0 Å². The number of fused-ring (bicyclic) bond motifs is 1. The third-order valence-corrected chi connectivity index (χ3v) is 4.90. The van der Waals surface area contributed by atoms with Crippen LogP contribution in [-0.4, -0.2) is 42.2 Å². The summed E-state index contributed by atoms with van der Waals surface area (Å²) in [4.78, 5) is 24.6. The Hall–Kier alpha value is -4.01. The molecule has 0 fully saturated rings. The number of carbonyl (C=O) groups excluding carboxylic acids is 1. The number of hydrogen-bond acceptors (Lipinski definition) is 7. The number of carbonyl (C=O) groups is 1. The molecule has 1 unspecified atom stereocenters. The molecule has 1 aliphatic heterocycles. The minimum atomic E-state index is -0.731. The fraction of sp³-hybridized carbons (Fsp3) is 0.261. The van der Waals surface area contributed by atoms with Crippen molar-refractivity contribution in [1.29, 1.82) is 0 Å². The monoisotopic (exact) mass is 437 g/mol. The molecule has 9 nitrogen and oxygen atoms in total. The smallest absolute Gasteiger partial charge is 0.266 e. The lowest BCUT2D eigenvalue weighted by Gasteiger charge is -2.15. The van der Waals surface area contributed by atoms with Gasteiger partial charge in [0.2, 0.25) is 6.79 Å². The lowest BCUT2D eigenvalue weighted by atomic mass is 10.1. The number of amides is 1. The molecule has 2 aromatic carbocycles. The van der Waals surface area contributed by atoms with Crippen molar-refractivity contribution in [2.75, 3.05) is 20.4 Å². The average Bonchev–Trinajstić information content (AvgIpc) is 3.28. The zero-order chi connectivity index (χ0) is 22.5. The van der Waals surface area contributed by atoms with Crippen molar-refractivity contribution < 1.29 is 23.7 Å². The van der Waals surface area contributed by atoms with Crippen LogP contribution in [-0.2, 0) is 11.3 Å². The third kappa shape index (κ3) is 4.83. The molecule has 0 radical (unpaired) electrons. The van der Waals surface area contributed by atoms with Gasteiger partial charge in [-0.05, 0) is 49.4 Å². The van der Waals surface area contributed by atoms with Gasteiger partial charge in [0.1, 0.15) is 11.5 Å². The highest BCUT2D eigenvalue weighted by Crippen LogP contribution is 2.35. The number of benzene rings is 2. The maximum atomic E-state index is 12.4. The number of nitrogens with one attached hydrogen (secondary N) is 1. The van der Waals surface area contributed by atoms with Crippen molar-refractivity contribution in [1.82, 2.24) is 15.1 Å². The standard InChI is InChI=1S/C23H23N3O6/c1-15(32-18-7-9-20-21(13-18)31-14-30-20)23(28)24-11-12-26-22(27)10-8-19(25-26)16-3-5-17(29-2)6-4-16/h3-10,13,15H,11-12,14H2,1-2H3,(H,24,28). The Morgan fingerprint density at radius 2 is 1.84 bits per heavy atom. The van der Waals surface area contributed by atoms with E-state index in [1.54, 1.807) is 38.3 Å². The maximum absolute atomic E-state index is 12.4. The van der Waals surface area contributed by atoms with Gasteiger partial charge in [0.15, 0.2) is 17.6 Å². The van der Waals surface area contributed by atoms with E-state index < -0.39 is 6.10 Å². The second kappa shape index (κ2) is 9.42. The summed E-state index contributed by atoms with van der Waals surface area (Å²) in [6.07, 6.45) is -0.731. The first-order valence-corrected chi connectivity index (χ1v) is 10.1. The molecule has 1 N–H and O–H groups in total. The van der Waals surface area contributed by atoms with Crippen LogP contribution in [0.4, 0.5) is 0 Å². The summed E-state index contributed by atoms with van der Waals surface area (Å²) in [5.41, 5.74) is 1.26. The molecule has 0 saturated carbocycles. The van der Waals surface area contributed by atoms with Gasteiger partial charge in [0, 0.05) is 24.2 Å². The Bertz CT molecular complexity index is 1160. The van der Waals surface area contributed by atoms with Crippen molar-refractivity contribution >= 4 is 5.91 Å². The molecule has 3 aromatic rings. The molecule has 2 heterocycles. The average molecular weight is 437 g/mol. The van der Waals surface area contributed by atoms with Gasteiger partial charge in [0.05, 0.1) is 19.3 Å². The Labute approximate surface area is 184 Å². The second-order valence-corrected chi connectivity index (χ2v) is 7.07. The Balaban J connectivity index is 1.33. The summed E-state index contributed by atoms with van der Waals surface area (Å²) in [5, 5.41) is 7.16. The number of rotatable bonds is 8. The molecule has 166 valence electrons. The van der Waals surface area contributed by atoms with Gasteiger partial charge in [0.25, 0.3) is 11.5 Å². The summed E-state index contributed by atoms with van der Waals surface area (Å²) in [5.74, 6) is 2.16. The van der Waals surface area contributed by atoms with E-state index in [-0.39, 0.29) is 31.3 Å². The number of methoxy groups -OCH3 is 1. The zero-order valence-corrected chi connectivity index (χ0v) is 17.7. The molecular formula is C23H23N3O6. The van der Waals surface area contributed by atoms with Crippen LogP contribution in [0.1, 0.15) is 6.92 Å². The van der Waals surface area contributed by atoms with E-state index in [0.29, 0.717) is 22.9 Å². The molecule has 32 heavy (non-hydrogen) atoms. The summed E-state index contributed by atoms with van der Waals surface area (Å²) in [7, 11) is 1.60. The molecule has 1 amide bonds. The highest BCUT2D eigenvalue weighted by Gasteiger charge is 2.18. The van der Waals surface area contributed by atoms with Gasteiger partial charge in [-0.15, -0.1) is 0 Å². The van der Waals surface area contributed by atoms with Crippen molar-refractivity contribution in [3.63, 3.8) is 0 Å². The number of hydrogen-bond donors (Lipinski definition) is 1. The van der Waals surface area contributed by atoms with Crippen LogP contribution >= 0.6 is 0 Å². The minimum absolute atomic E-state index is 0.169. The second-order valence-electron chi connectivity index (χ2n) is 7.07. The molecule has 0 bridgehead atoms. The Kier molecular flexibility index (Phi) is 6.25. The Morgan fingerprint density at radius 3 is 2.62 bits per heavy atom. The predicted octanol–water partition coefficient (Wildman–Crippen LogP) is 2.23. The van der Waals surface area contributed by atoms with Gasteiger partial charge < -0.3 is 24.3 Å². The van der Waals surface area contributed by atoms with Crippen molar-refractivity contribution in [2.24, 2.45) is 0 Å². The molecule has 0 spiro atoms. The highest BCUT2D eigenvalue weighted by atomic mass is 16.7. The van der Waals surface area contributed by atoms with Crippen LogP contribution in [0.25, 0.3) is 11.3 Å². The van der Waals surface area contributed by atoms with Crippen LogP contribution in [0.3, 0.4) is 0 Å². The summed E-state index contributed by atoms with van der Waals surface area (Å²) in [6.45, 7) is 2.27. The van der Waals surface area contributed by atoms with Crippen LogP contribution in [0.15, 0.2) is 59.4 Å². The minimum Gasteiger partial charge on any atom is -0.497 e. The predicted molar refractivity (Wildman–Crippen MR) is 116 cm³/mol. The van der Waals surface area contributed by atoms with Crippen LogP contribution in [0.2, 0.25) is 0 Å². The molecule has 9 heteroatoms. The van der Waals surface area contributed by atoms with Crippen LogP contribution in [0.5, 0.6) is 23.0 Å². The number of ether oxygens (including phenoxy) is 4. The highest BCUT2D eigenvalue weighted by molar-refractivity contribution is 5.80. The van der Waals surface area contributed by atoms with E-state index in [1.165, 1.54) is 10.7 Å². The first-order valence-electron chi connectivity index (χ1n) is 10.1. The lowest BCUT2D eigenvalue weighted by Crippen LogP contribution is -2.39. The van der Waals surface area contributed by atoms with Crippen LogP contribution < -0.4 is 29.8 Å². The SMILES string of the molecule is COc1ccc(-c2ccc(=O)n(CCNC(=O)C(C)Oc3ccc4c(c3)OCO4)n2)cc1.